The van der Waals surface area contributed by atoms with E-state index in [-0.39, 0.29) is 30.4 Å². The number of carbonyl (C=O) groups excluding carboxylic acids is 1. The zero-order chi connectivity index (χ0) is 21.8. The van der Waals surface area contributed by atoms with Crippen LogP contribution in [0.3, 0.4) is 0 Å². The van der Waals surface area contributed by atoms with Gasteiger partial charge in [0, 0.05) is 25.1 Å². The van der Waals surface area contributed by atoms with Crippen LogP contribution in [-0.2, 0) is 17.6 Å². The molecule has 4 rings (SSSR count). The largest absolute Gasteiger partial charge is 0.481 e. The van der Waals surface area contributed by atoms with Gasteiger partial charge in [0.1, 0.15) is 18.2 Å². The van der Waals surface area contributed by atoms with Gasteiger partial charge in [-0.3, -0.25) is 9.59 Å². The maximum atomic E-state index is 13.0. The van der Waals surface area contributed by atoms with Crippen molar-refractivity contribution in [2.45, 2.75) is 23.2 Å². The van der Waals surface area contributed by atoms with Crippen LogP contribution in [0.1, 0.15) is 29.0 Å². The van der Waals surface area contributed by atoms with Crippen molar-refractivity contribution >= 4 is 23.5 Å². The van der Waals surface area contributed by atoms with Crippen molar-refractivity contribution in [3.05, 3.63) is 81.6 Å². The maximum Gasteiger partial charge on any atom is 0.279 e. The lowest BCUT2D eigenvalue weighted by atomic mass is 9.87. The Labute approximate surface area is 184 Å². The Morgan fingerprint density at radius 2 is 1.94 bits per heavy atom. The molecule has 1 amide bonds. The quantitative estimate of drug-likeness (QED) is 0.367. The van der Waals surface area contributed by atoms with E-state index < -0.39 is 0 Å². The number of carbonyl (C=O) groups is 1. The summed E-state index contributed by atoms with van der Waals surface area (Å²) in [5.74, 6) is 3.74. The number of nitrogens with zero attached hydrogens (tertiary/aromatic N) is 2. The highest BCUT2D eigenvalue weighted by Crippen LogP contribution is 2.36. The fourth-order valence-electron chi connectivity index (χ4n) is 3.59. The molecule has 0 spiro atoms. The Bertz CT molecular complexity index is 1200. The predicted octanol–water partition coefficient (Wildman–Crippen LogP) is 3.56. The summed E-state index contributed by atoms with van der Waals surface area (Å²) in [5, 5.41) is 3.43. The van der Waals surface area contributed by atoms with Gasteiger partial charge in [-0.25, -0.2) is 0 Å². The minimum Gasteiger partial charge on any atom is -0.481 e. The first-order valence-corrected chi connectivity index (χ1v) is 10.8. The van der Waals surface area contributed by atoms with E-state index in [0.717, 1.165) is 11.1 Å². The first-order valence-electron chi connectivity index (χ1n) is 9.80. The third-order valence-corrected chi connectivity index (χ3v) is 6.22. The Balaban J connectivity index is 1.66. The number of terminal acetylenes is 1. The molecule has 156 valence electrons. The summed E-state index contributed by atoms with van der Waals surface area (Å²) in [5.41, 5.74) is 2.17. The van der Waals surface area contributed by atoms with E-state index >= 15 is 0 Å². The number of ether oxygens (including phenoxy) is 1. The number of thioether (sulfide) groups is 1. The van der Waals surface area contributed by atoms with Crippen LogP contribution in [0.4, 0.5) is 5.82 Å². The molecule has 1 aliphatic heterocycles. The second kappa shape index (κ2) is 9.11. The van der Waals surface area contributed by atoms with E-state index in [1.54, 1.807) is 16.7 Å². The van der Waals surface area contributed by atoms with Crippen LogP contribution in [0.25, 0.3) is 0 Å². The summed E-state index contributed by atoms with van der Waals surface area (Å²) in [6, 6.07) is 17.3. The molecule has 0 bridgehead atoms. The number of nitrogens with one attached hydrogen (secondary N) is 1. The van der Waals surface area contributed by atoms with E-state index in [1.165, 1.54) is 11.8 Å². The van der Waals surface area contributed by atoms with Gasteiger partial charge < -0.3 is 14.6 Å². The van der Waals surface area contributed by atoms with E-state index in [2.05, 4.69) is 16.2 Å². The molecular formula is C24H21N3O3S. The summed E-state index contributed by atoms with van der Waals surface area (Å²) < 4.78 is 7.20. The minimum atomic E-state index is -0.371. The molecule has 1 N–H and O–H groups in total. The molecule has 0 saturated carbocycles. The van der Waals surface area contributed by atoms with Crippen LogP contribution in [-0.4, -0.2) is 22.1 Å². The summed E-state index contributed by atoms with van der Waals surface area (Å²) >= 11 is 1.46. The third-order valence-electron chi connectivity index (χ3n) is 5.12. The van der Waals surface area contributed by atoms with Crippen molar-refractivity contribution in [1.82, 2.24) is 9.55 Å². The van der Waals surface area contributed by atoms with E-state index in [1.807, 2.05) is 49.5 Å². The Kier molecular flexibility index (Phi) is 6.10. The van der Waals surface area contributed by atoms with Crippen molar-refractivity contribution in [2.24, 2.45) is 7.05 Å². The van der Waals surface area contributed by atoms with E-state index in [9.17, 15) is 9.59 Å². The molecule has 2 aromatic carbocycles. The normalized spacial score (nSPS) is 15.0. The topological polar surface area (TPSA) is 73.2 Å². The average molecular weight is 432 g/mol. The van der Waals surface area contributed by atoms with Crippen molar-refractivity contribution < 1.29 is 9.53 Å². The summed E-state index contributed by atoms with van der Waals surface area (Å²) in [4.78, 5) is 29.8. The Morgan fingerprint density at radius 3 is 2.65 bits per heavy atom. The van der Waals surface area contributed by atoms with Gasteiger partial charge in [-0.2, -0.15) is 4.98 Å². The summed E-state index contributed by atoms with van der Waals surface area (Å²) in [7, 11) is 1.82. The van der Waals surface area contributed by atoms with Crippen LogP contribution in [0.15, 0.2) is 64.5 Å². The molecule has 0 fully saturated rings. The first kappa shape index (κ1) is 20.8. The van der Waals surface area contributed by atoms with Gasteiger partial charge in [0.15, 0.2) is 5.16 Å². The predicted molar refractivity (Wildman–Crippen MR) is 121 cm³/mol. The molecule has 1 aliphatic rings. The van der Waals surface area contributed by atoms with Crippen molar-refractivity contribution in [2.75, 3.05) is 11.9 Å². The SMILES string of the molecule is C#CCOc1ccc([C@@H]2CC(=O)Nc3c2c(=O)nc(SCc2ccccc2)n3C)cc1. The highest BCUT2D eigenvalue weighted by Gasteiger charge is 2.32. The second-order valence-corrected chi connectivity index (χ2v) is 8.10. The number of benzene rings is 2. The van der Waals surface area contributed by atoms with Gasteiger partial charge in [-0.1, -0.05) is 60.1 Å². The molecule has 3 aromatic rings. The fraction of sp³-hybridized carbons (Fsp3) is 0.208. The van der Waals surface area contributed by atoms with Crippen LogP contribution >= 0.6 is 11.8 Å². The molecule has 0 unspecified atom stereocenters. The number of fused-ring (bicyclic) bond motifs is 1. The lowest BCUT2D eigenvalue weighted by molar-refractivity contribution is -0.116. The molecule has 6 nitrogen and oxygen atoms in total. The monoisotopic (exact) mass is 431 g/mol. The molecule has 2 heterocycles. The van der Waals surface area contributed by atoms with E-state index in [4.69, 9.17) is 11.2 Å². The van der Waals surface area contributed by atoms with Crippen molar-refractivity contribution in [3.8, 4) is 18.1 Å². The van der Waals surface area contributed by atoms with Crippen LogP contribution in [0.2, 0.25) is 0 Å². The number of amides is 1. The van der Waals surface area contributed by atoms with Gasteiger partial charge in [-0.05, 0) is 23.3 Å². The standard InChI is InChI=1S/C24H21N3O3S/c1-3-13-30-18-11-9-17(10-12-18)19-14-20(28)25-22-21(19)23(29)26-24(27(22)2)31-15-16-7-5-4-6-8-16/h1,4-12,19H,13-15H2,2H3,(H,25,28)/t19-/m0/s1. The van der Waals surface area contributed by atoms with Gasteiger partial charge in [0.25, 0.3) is 5.56 Å². The van der Waals surface area contributed by atoms with Gasteiger partial charge in [0.2, 0.25) is 5.91 Å². The van der Waals surface area contributed by atoms with Crippen LogP contribution in [0, 0.1) is 12.3 Å². The summed E-state index contributed by atoms with van der Waals surface area (Å²) in [6.45, 7) is 0.182. The molecule has 0 radical (unpaired) electrons. The molecule has 0 saturated heterocycles. The Hall–Kier alpha value is -3.50. The molecular weight excluding hydrogens is 410 g/mol. The first-order chi connectivity index (χ1) is 15.1. The molecule has 31 heavy (non-hydrogen) atoms. The molecule has 1 atom stereocenters. The minimum absolute atomic E-state index is 0.134. The van der Waals surface area contributed by atoms with Crippen molar-refractivity contribution in [1.29, 1.82) is 0 Å². The maximum absolute atomic E-state index is 13.0. The van der Waals surface area contributed by atoms with Crippen LogP contribution in [0.5, 0.6) is 5.75 Å². The van der Waals surface area contributed by atoms with Crippen molar-refractivity contribution in [3.63, 3.8) is 0 Å². The van der Waals surface area contributed by atoms with Gasteiger partial charge in [0.05, 0.1) is 5.56 Å². The smallest absolute Gasteiger partial charge is 0.279 e. The highest BCUT2D eigenvalue weighted by atomic mass is 32.2. The number of hydrogen-bond donors (Lipinski definition) is 1. The van der Waals surface area contributed by atoms with Gasteiger partial charge >= 0.3 is 0 Å². The number of hydrogen-bond acceptors (Lipinski definition) is 5. The highest BCUT2D eigenvalue weighted by molar-refractivity contribution is 7.98. The zero-order valence-corrected chi connectivity index (χ0v) is 17.8. The molecule has 1 aromatic heterocycles. The average Bonchev–Trinajstić information content (AvgIpc) is 2.79. The van der Waals surface area contributed by atoms with E-state index in [0.29, 0.717) is 28.0 Å². The third kappa shape index (κ3) is 4.49. The number of rotatable bonds is 6. The molecule has 7 heteroatoms. The second-order valence-electron chi connectivity index (χ2n) is 7.16. The summed E-state index contributed by atoms with van der Waals surface area (Å²) in [6.07, 6.45) is 5.41. The lowest BCUT2D eigenvalue weighted by Crippen LogP contribution is -2.33. The van der Waals surface area contributed by atoms with Gasteiger partial charge in [-0.15, -0.1) is 6.42 Å². The zero-order valence-electron chi connectivity index (χ0n) is 17.0. The fourth-order valence-corrected chi connectivity index (χ4v) is 4.51. The van der Waals surface area contributed by atoms with Crippen LogP contribution < -0.4 is 15.6 Å². The number of aromatic nitrogens is 2. The Morgan fingerprint density at radius 1 is 1.19 bits per heavy atom. The lowest BCUT2D eigenvalue weighted by Gasteiger charge is -2.27. The molecule has 0 aliphatic carbocycles. The number of anilines is 1.